The molecule has 4 amide bonds. The Morgan fingerprint density at radius 1 is 1.23 bits per heavy atom. The number of anilines is 1. The van der Waals surface area contributed by atoms with Gasteiger partial charge in [0.25, 0.3) is 5.91 Å². The smallest absolute Gasteiger partial charge is 0.326 e. The summed E-state index contributed by atoms with van der Waals surface area (Å²) in [6.07, 6.45) is 0.119. The number of urea groups is 1. The molecule has 140 valence electrons. The zero-order valence-electron chi connectivity index (χ0n) is 14.0. The van der Waals surface area contributed by atoms with Crippen LogP contribution in [0.3, 0.4) is 0 Å². The van der Waals surface area contributed by atoms with Crippen LogP contribution in [0.5, 0.6) is 0 Å². The maximum Gasteiger partial charge on any atom is 0.326 e. The van der Waals surface area contributed by atoms with E-state index < -0.39 is 36.1 Å². The van der Waals surface area contributed by atoms with E-state index in [1.807, 2.05) is 0 Å². The van der Waals surface area contributed by atoms with Gasteiger partial charge in [-0.1, -0.05) is 0 Å². The Morgan fingerprint density at radius 2 is 1.96 bits per heavy atom. The van der Waals surface area contributed by atoms with Crippen molar-refractivity contribution < 1.29 is 32.7 Å². The van der Waals surface area contributed by atoms with Crippen LogP contribution in [0, 0.1) is 11.6 Å². The molecule has 1 aliphatic rings. The maximum atomic E-state index is 13.0. The predicted molar refractivity (Wildman–Crippen MR) is 84.9 cm³/mol. The highest BCUT2D eigenvalue weighted by atomic mass is 19.2. The number of benzene rings is 1. The van der Waals surface area contributed by atoms with E-state index >= 15 is 0 Å². The van der Waals surface area contributed by atoms with E-state index in [9.17, 15) is 28.0 Å². The fraction of sp³-hybridized carbons (Fsp3) is 0.375. The number of hydrogen-bond donors (Lipinski definition) is 1. The van der Waals surface area contributed by atoms with E-state index in [1.165, 1.54) is 18.0 Å². The first-order chi connectivity index (χ1) is 12.3. The Morgan fingerprint density at radius 3 is 2.58 bits per heavy atom. The molecule has 8 nitrogen and oxygen atoms in total. The van der Waals surface area contributed by atoms with Gasteiger partial charge in [-0.3, -0.25) is 19.3 Å². The summed E-state index contributed by atoms with van der Waals surface area (Å²) >= 11 is 0. The molecule has 0 aromatic heterocycles. The van der Waals surface area contributed by atoms with Crippen molar-refractivity contribution in [2.45, 2.75) is 12.8 Å². The first-order valence-corrected chi connectivity index (χ1v) is 7.74. The van der Waals surface area contributed by atoms with Gasteiger partial charge in [-0.25, -0.2) is 13.6 Å². The largest absolute Gasteiger partial charge is 0.456 e. The van der Waals surface area contributed by atoms with E-state index in [4.69, 9.17) is 4.74 Å². The molecule has 10 heteroatoms. The lowest BCUT2D eigenvalue weighted by atomic mass is 10.3. The topological polar surface area (TPSA) is 96.0 Å². The minimum absolute atomic E-state index is 0.00737. The molecule has 1 aromatic carbocycles. The van der Waals surface area contributed by atoms with Crippen LogP contribution < -0.4 is 5.32 Å². The molecule has 26 heavy (non-hydrogen) atoms. The number of hydrogen-bond acceptors (Lipinski definition) is 5. The average molecular weight is 369 g/mol. The third-order valence-corrected chi connectivity index (χ3v) is 3.56. The SMILES string of the molecule is CN1CC(=O)N(CCCC(=O)OCC(=O)Nc2ccc(F)c(F)c2)C1=O. The molecule has 0 unspecified atom stereocenters. The fourth-order valence-electron chi connectivity index (χ4n) is 2.26. The van der Waals surface area contributed by atoms with Crippen molar-refractivity contribution in [1.82, 2.24) is 9.80 Å². The lowest BCUT2D eigenvalue weighted by molar-refractivity contribution is -0.147. The number of carbonyl (C=O) groups excluding carboxylic acids is 4. The number of nitrogens with one attached hydrogen (secondary N) is 1. The predicted octanol–water partition coefficient (Wildman–Crippen LogP) is 1.12. The molecule has 0 aliphatic carbocycles. The number of halogens is 2. The molecule has 0 saturated carbocycles. The minimum Gasteiger partial charge on any atom is -0.456 e. The monoisotopic (exact) mass is 369 g/mol. The number of amides is 4. The lowest BCUT2D eigenvalue weighted by Gasteiger charge is -2.13. The van der Waals surface area contributed by atoms with Gasteiger partial charge < -0.3 is 15.0 Å². The van der Waals surface area contributed by atoms with Crippen LogP contribution in [-0.4, -0.2) is 60.4 Å². The second-order valence-corrected chi connectivity index (χ2v) is 5.63. The Hall–Kier alpha value is -3.04. The van der Waals surface area contributed by atoms with Gasteiger partial charge in [-0.05, 0) is 18.6 Å². The summed E-state index contributed by atoms with van der Waals surface area (Å²) in [5.74, 6) is -3.89. The van der Waals surface area contributed by atoms with Gasteiger partial charge >= 0.3 is 12.0 Å². The quantitative estimate of drug-likeness (QED) is 0.574. The molecule has 1 aliphatic heterocycles. The second kappa shape index (κ2) is 8.37. The van der Waals surface area contributed by atoms with Crippen LogP contribution >= 0.6 is 0 Å². The normalized spacial score (nSPS) is 14.0. The highest BCUT2D eigenvalue weighted by Gasteiger charge is 2.32. The number of carbonyl (C=O) groups is 4. The van der Waals surface area contributed by atoms with E-state index in [0.717, 1.165) is 17.0 Å². The standard InChI is InChI=1S/C16H17F2N3O5/c1-20-8-14(23)21(16(20)25)6-2-3-15(24)26-9-13(22)19-10-4-5-11(17)12(18)7-10/h4-5,7H,2-3,6,8-9H2,1H3,(H,19,22). The first-order valence-electron chi connectivity index (χ1n) is 7.74. The zero-order chi connectivity index (χ0) is 19.3. The Kier molecular flexibility index (Phi) is 6.21. The summed E-state index contributed by atoms with van der Waals surface area (Å²) in [6, 6.07) is 2.40. The molecule has 0 radical (unpaired) electrons. The molecular weight excluding hydrogens is 352 g/mol. The van der Waals surface area contributed by atoms with Gasteiger partial charge in [-0.2, -0.15) is 0 Å². The highest BCUT2D eigenvalue weighted by Crippen LogP contribution is 2.13. The first kappa shape index (κ1) is 19.3. The maximum absolute atomic E-state index is 13.0. The highest BCUT2D eigenvalue weighted by molar-refractivity contribution is 6.01. The molecular formula is C16H17F2N3O5. The molecule has 1 heterocycles. The molecule has 1 aromatic rings. The Labute approximate surface area is 147 Å². The number of nitrogens with zero attached hydrogens (tertiary/aromatic N) is 2. The molecule has 0 atom stereocenters. The second-order valence-electron chi connectivity index (χ2n) is 5.63. The Bertz CT molecular complexity index is 741. The van der Waals surface area contributed by atoms with Crippen molar-refractivity contribution in [3.63, 3.8) is 0 Å². The van der Waals surface area contributed by atoms with Gasteiger partial charge in [0.05, 0.1) is 0 Å². The summed E-state index contributed by atoms with van der Waals surface area (Å²) < 4.78 is 30.6. The average Bonchev–Trinajstić information content (AvgIpc) is 2.82. The van der Waals surface area contributed by atoms with E-state index in [0.29, 0.717) is 0 Å². The summed E-state index contributed by atoms with van der Waals surface area (Å²) in [4.78, 5) is 48.7. The van der Waals surface area contributed by atoms with Crippen LogP contribution in [0.1, 0.15) is 12.8 Å². The van der Waals surface area contributed by atoms with Crippen LogP contribution in [0.2, 0.25) is 0 Å². The molecule has 1 fully saturated rings. The van der Waals surface area contributed by atoms with Crippen molar-refractivity contribution >= 4 is 29.5 Å². The van der Waals surface area contributed by atoms with Gasteiger partial charge in [0, 0.05) is 31.8 Å². The number of rotatable bonds is 7. The van der Waals surface area contributed by atoms with Crippen molar-refractivity contribution in [1.29, 1.82) is 0 Å². The summed E-state index contributed by atoms with van der Waals surface area (Å²) in [6.45, 7) is -0.506. The van der Waals surface area contributed by atoms with Crippen LogP contribution in [0.4, 0.5) is 19.3 Å². The molecule has 1 N–H and O–H groups in total. The fourth-order valence-corrected chi connectivity index (χ4v) is 2.26. The van der Waals surface area contributed by atoms with Crippen LogP contribution in [0.15, 0.2) is 18.2 Å². The van der Waals surface area contributed by atoms with E-state index in [1.54, 1.807) is 0 Å². The van der Waals surface area contributed by atoms with Crippen molar-refractivity contribution in [3.8, 4) is 0 Å². The van der Waals surface area contributed by atoms with E-state index in [2.05, 4.69) is 5.32 Å². The third-order valence-electron chi connectivity index (χ3n) is 3.56. The van der Waals surface area contributed by atoms with Crippen LogP contribution in [0.25, 0.3) is 0 Å². The van der Waals surface area contributed by atoms with Crippen molar-refractivity contribution in [2.75, 3.05) is 32.1 Å². The van der Waals surface area contributed by atoms with Gasteiger partial charge in [0.2, 0.25) is 5.91 Å². The molecule has 0 spiro atoms. The summed E-state index contributed by atoms with van der Waals surface area (Å²) in [5.41, 5.74) is 0.0279. The molecule has 1 saturated heterocycles. The van der Waals surface area contributed by atoms with Gasteiger partial charge in [0.1, 0.15) is 6.54 Å². The zero-order valence-corrected chi connectivity index (χ0v) is 14.0. The lowest BCUT2D eigenvalue weighted by Crippen LogP contribution is -2.32. The number of imide groups is 1. The van der Waals surface area contributed by atoms with Gasteiger partial charge in [0.15, 0.2) is 18.2 Å². The number of likely N-dealkylation sites (N-methyl/N-ethyl adjacent to an activating group) is 1. The number of esters is 1. The van der Waals surface area contributed by atoms with Crippen LogP contribution in [-0.2, 0) is 19.1 Å². The molecule has 2 rings (SSSR count). The van der Waals surface area contributed by atoms with E-state index in [-0.39, 0.29) is 37.5 Å². The Balaban J connectivity index is 1.68. The molecule has 0 bridgehead atoms. The summed E-state index contributed by atoms with van der Waals surface area (Å²) in [5, 5.41) is 2.26. The summed E-state index contributed by atoms with van der Waals surface area (Å²) in [7, 11) is 1.50. The van der Waals surface area contributed by atoms with Gasteiger partial charge in [-0.15, -0.1) is 0 Å². The number of ether oxygens (including phenoxy) is 1. The third kappa shape index (κ3) is 4.98. The minimum atomic E-state index is -1.11. The van der Waals surface area contributed by atoms with Crippen molar-refractivity contribution in [2.24, 2.45) is 0 Å². The van der Waals surface area contributed by atoms with Crippen molar-refractivity contribution in [3.05, 3.63) is 29.8 Å².